The van der Waals surface area contributed by atoms with Gasteiger partial charge in [-0.2, -0.15) is 0 Å². The van der Waals surface area contributed by atoms with Crippen molar-refractivity contribution < 1.29 is 0 Å². The van der Waals surface area contributed by atoms with Crippen LogP contribution in [0, 0.1) is 5.41 Å². The molecule has 0 atom stereocenters. The lowest BCUT2D eigenvalue weighted by molar-refractivity contribution is 0.484. The number of hydrogen-bond donors (Lipinski definition) is 0. The van der Waals surface area contributed by atoms with Crippen LogP contribution in [0.1, 0.15) is 79.5 Å². The summed E-state index contributed by atoms with van der Waals surface area (Å²) < 4.78 is 0. The van der Waals surface area contributed by atoms with Crippen LogP contribution >= 0.6 is 0 Å². The molecule has 0 saturated carbocycles. The standard InChI is InChI=1S/C45H42/c1-5-18-32-27-28-39-41(29-32)45(35-21-12-8-13-22-35,36-23-14-9-15-24-36)42-31-34(37-25-16-17-26-38(37)43(39)42)30-40(44(3,4)6-2)33-19-10-7-11-20-33/h7-17,19-31H,5-6,18H2,1-4H3. The Balaban J connectivity index is 1.65. The largest absolute Gasteiger partial charge is 0.0714 e. The maximum absolute atomic E-state index is 2.53. The predicted molar refractivity (Wildman–Crippen MR) is 194 cm³/mol. The zero-order valence-electron chi connectivity index (χ0n) is 27.0. The Hall–Kier alpha value is -4.68. The molecule has 222 valence electrons. The molecule has 0 fully saturated rings. The monoisotopic (exact) mass is 582 g/mol. The van der Waals surface area contributed by atoms with Gasteiger partial charge in [-0.15, -0.1) is 0 Å². The summed E-state index contributed by atoms with van der Waals surface area (Å²) in [4.78, 5) is 0. The Kier molecular flexibility index (Phi) is 7.54. The van der Waals surface area contributed by atoms with E-state index in [9.17, 15) is 0 Å². The second-order valence-electron chi connectivity index (χ2n) is 13.2. The molecule has 1 aliphatic rings. The van der Waals surface area contributed by atoms with Gasteiger partial charge in [-0.25, -0.2) is 0 Å². The summed E-state index contributed by atoms with van der Waals surface area (Å²) in [5, 5.41) is 2.62. The second-order valence-corrected chi connectivity index (χ2v) is 13.2. The highest BCUT2D eigenvalue weighted by Gasteiger charge is 2.47. The van der Waals surface area contributed by atoms with Crippen LogP contribution in [-0.4, -0.2) is 0 Å². The third kappa shape index (κ3) is 4.75. The molecule has 0 aliphatic heterocycles. The zero-order chi connectivity index (χ0) is 31.0. The molecule has 0 radical (unpaired) electrons. The minimum atomic E-state index is -0.434. The first kappa shape index (κ1) is 29.1. The van der Waals surface area contributed by atoms with Crippen LogP contribution in [-0.2, 0) is 11.8 Å². The molecule has 6 aromatic carbocycles. The van der Waals surface area contributed by atoms with Gasteiger partial charge in [0.1, 0.15) is 0 Å². The van der Waals surface area contributed by atoms with E-state index in [1.807, 2.05) is 0 Å². The van der Waals surface area contributed by atoms with E-state index in [1.165, 1.54) is 66.4 Å². The fourth-order valence-corrected chi connectivity index (χ4v) is 7.62. The van der Waals surface area contributed by atoms with E-state index in [-0.39, 0.29) is 5.41 Å². The van der Waals surface area contributed by atoms with Gasteiger partial charge in [0, 0.05) is 0 Å². The van der Waals surface area contributed by atoms with Crippen LogP contribution in [0.25, 0.3) is 33.5 Å². The van der Waals surface area contributed by atoms with Crippen molar-refractivity contribution in [1.29, 1.82) is 0 Å². The van der Waals surface area contributed by atoms with Crippen LogP contribution in [0.3, 0.4) is 0 Å². The van der Waals surface area contributed by atoms with Gasteiger partial charge in [0.25, 0.3) is 0 Å². The van der Waals surface area contributed by atoms with Crippen molar-refractivity contribution in [2.24, 2.45) is 5.41 Å². The van der Waals surface area contributed by atoms with Crippen LogP contribution in [0.2, 0.25) is 0 Å². The van der Waals surface area contributed by atoms with E-state index in [4.69, 9.17) is 0 Å². The lowest BCUT2D eigenvalue weighted by atomic mass is 9.67. The minimum absolute atomic E-state index is 0.00936. The molecule has 0 saturated heterocycles. The van der Waals surface area contributed by atoms with Gasteiger partial charge in [0.05, 0.1) is 5.41 Å². The third-order valence-corrected chi connectivity index (χ3v) is 10.2. The normalized spacial score (nSPS) is 13.9. The van der Waals surface area contributed by atoms with Crippen molar-refractivity contribution >= 4 is 22.4 Å². The topological polar surface area (TPSA) is 0 Å². The van der Waals surface area contributed by atoms with Crippen LogP contribution in [0.5, 0.6) is 0 Å². The van der Waals surface area contributed by atoms with Crippen molar-refractivity contribution in [3.63, 3.8) is 0 Å². The van der Waals surface area contributed by atoms with Crippen LogP contribution < -0.4 is 0 Å². The number of aryl methyl sites for hydroxylation is 1. The highest BCUT2D eigenvalue weighted by molar-refractivity contribution is 6.08. The number of benzene rings is 6. The van der Waals surface area contributed by atoms with Crippen molar-refractivity contribution in [2.75, 3.05) is 0 Å². The molecule has 1 aliphatic carbocycles. The van der Waals surface area contributed by atoms with Gasteiger partial charge in [0.2, 0.25) is 0 Å². The molecule has 45 heavy (non-hydrogen) atoms. The average Bonchev–Trinajstić information content (AvgIpc) is 3.38. The molecule has 0 bridgehead atoms. The van der Waals surface area contributed by atoms with Crippen molar-refractivity contribution in [3.05, 3.63) is 178 Å². The average molecular weight is 583 g/mol. The van der Waals surface area contributed by atoms with Gasteiger partial charge in [-0.3, -0.25) is 0 Å². The van der Waals surface area contributed by atoms with E-state index in [0.29, 0.717) is 0 Å². The Labute approximate surface area is 269 Å². The van der Waals surface area contributed by atoms with E-state index in [0.717, 1.165) is 19.3 Å². The summed E-state index contributed by atoms with van der Waals surface area (Å²) in [5.41, 5.74) is 13.0. The smallest absolute Gasteiger partial charge is 0.0651 e. The quantitative estimate of drug-likeness (QED) is 0.156. The van der Waals surface area contributed by atoms with Crippen molar-refractivity contribution in [1.82, 2.24) is 0 Å². The summed E-state index contributed by atoms with van der Waals surface area (Å²) in [6.45, 7) is 9.34. The lowest BCUT2D eigenvalue weighted by Gasteiger charge is -2.34. The molecule has 7 rings (SSSR count). The molecular formula is C45H42. The number of hydrogen-bond acceptors (Lipinski definition) is 0. The molecule has 6 aromatic rings. The maximum Gasteiger partial charge on any atom is 0.0714 e. The van der Waals surface area contributed by atoms with E-state index in [1.54, 1.807) is 0 Å². The Morgan fingerprint density at radius 2 is 1.20 bits per heavy atom. The molecular weight excluding hydrogens is 540 g/mol. The summed E-state index contributed by atoms with van der Waals surface area (Å²) in [6, 6.07) is 52.3. The molecule has 0 heteroatoms. The zero-order valence-corrected chi connectivity index (χ0v) is 27.0. The predicted octanol–water partition coefficient (Wildman–Crippen LogP) is 12.1. The fraction of sp³-hybridized carbons (Fsp3) is 0.200. The minimum Gasteiger partial charge on any atom is -0.0651 e. The summed E-state index contributed by atoms with van der Waals surface area (Å²) in [5.74, 6) is 0. The van der Waals surface area contributed by atoms with Crippen molar-refractivity contribution in [2.45, 2.75) is 52.4 Å². The van der Waals surface area contributed by atoms with E-state index in [2.05, 4.69) is 173 Å². The molecule has 0 nitrogen and oxygen atoms in total. The molecule has 0 aromatic heterocycles. The van der Waals surface area contributed by atoms with Gasteiger partial charge in [0.15, 0.2) is 0 Å². The van der Waals surface area contributed by atoms with Gasteiger partial charge in [-0.05, 0) is 96.8 Å². The second kappa shape index (κ2) is 11.7. The number of allylic oxidation sites excluding steroid dienone is 1. The number of fused-ring (bicyclic) bond motifs is 5. The first-order chi connectivity index (χ1) is 22.0. The van der Waals surface area contributed by atoms with Gasteiger partial charge in [-0.1, -0.05) is 168 Å². The van der Waals surface area contributed by atoms with Crippen molar-refractivity contribution in [3.8, 4) is 11.1 Å². The SMILES string of the molecule is CCCc1ccc2c(c1)C(c1ccccc1)(c1ccccc1)c1cc(C=C(c3ccccc3)C(C)(C)CC)c3ccccc3c1-2. The van der Waals surface area contributed by atoms with E-state index >= 15 is 0 Å². The fourth-order valence-electron chi connectivity index (χ4n) is 7.62. The Morgan fingerprint density at radius 3 is 1.80 bits per heavy atom. The molecule has 0 amide bonds. The Morgan fingerprint density at radius 1 is 0.622 bits per heavy atom. The highest BCUT2D eigenvalue weighted by atomic mass is 14.5. The number of rotatable bonds is 8. The first-order valence-corrected chi connectivity index (χ1v) is 16.6. The summed E-state index contributed by atoms with van der Waals surface area (Å²) in [6.07, 6.45) is 5.75. The summed E-state index contributed by atoms with van der Waals surface area (Å²) in [7, 11) is 0. The van der Waals surface area contributed by atoms with Gasteiger partial charge < -0.3 is 0 Å². The van der Waals surface area contributed by atoms with E-state index < -0.39 is 5.41 Å². The van der Waals surface area contributed by atoms with Gasteiger partial charge >= 0.3 is 0 Å². The lowest BCUT2D eigenvalue weighted by Crippen LogP contribution is -2.28. The first-order valence-electron chi connectivity index (χ1n) is 16.6. The maximum atomic E-state index is 2.53. The highest BCUT2D eigenvalue weighted by Crippen LogP contribution is 2.58. The third-order valence-electron chi connectivity index (χ3n) is 10.2. The molecule has 0 N–H and O–H groups in total. The molecule has 0 unspecified atom stereocenters. The van der Waals surface area contributed by atoms with Crippen LogP contribution in [0.4, 0.5) is 0 Å². The molecule has 0 spiro atoms. The van der Waals surface area contributed by atoms with Crippen LogP contribution in [0.15, 0.2) is 140 Å². The summed E-state index contributed by atoms with van der Waals surface area (Å²) >= 11 is 0. The molecule has 0 heterocycles. The Bertz CT molecular complexity index is 1950.